The number of nitrogens with zero attached hydrogens (tertiary/aromatic N) is 5. The van der Waals surface area contributed by atoms with Crippen LogP contribution in [-0.4, -0.2) is 45.0 Å². The fourth-order valence-corrected chi connectivity index (χ4v) is 2.78. The van der Waals surface area contributed by atoms with Crippen molar-refractivity contribution in [3.05, 3.63) is 33.6 Å². The Labute approximate surface area is 193 Å². The molecular formula is C17H28Cl2IN7O. The van der Waals surface area contributed by atoms with Gasteiger partial charge in [0.2, 0.25) is 0 Å². The molecule has 0 atom stereocenters. The van der Waals surface area contributed by atoms with Crippen LogP contribution in [0.25, 0.3) is 0 Å². The monoisotopic (exact) mass is 543 g/mol. The van der Waals surface area contributed by atoms with E-state index in [1.54, 1.807) is 0 Å². The number of hydrogen-bond acceptors (Lipinski definition) is 4. The van der Waals surface area contributed by atoms with Crippen LogP contribution in [0.1, 0.15) is 30.7 Å². The zero-order chi connectivity index (χ0) is 19.8. The number of aryl methyl sites for hydroxylation is 1. The fraction of sp³-hybridized carbons (Fsp3) is 0.588. The second-order valence-corrected chi connectivity index (χ2v) is 6.82. The van der Waals surface area contributed by atoms with Crippen LogP contribution in [0, 0.1) is 6.92 Å². The zero-order valence-corrected chi connectivity index (χ0v) is 20.5. The smallest absolute Gasteiger partial charge is 0.192 e. The molecule has 2 rings (SSSR count). The second-order valence-electron chi connectivity index (χ2n) is 6.05. The zero-order valence-electron chi connectivity index (χ0n) is 16.6. The van der Waals surface area contributed by atoms with E-state index in [1.807, 2.05) is 43.1 Å². The number of guanidine groups is 1. The summed E-state index contributed by atoms with van der Waals surface area (Å²) in [5, 5.41) is 15.9. The van der Waals surface area contributed by atoms with Gasteiger partial charge in [-0.3, -0.25) is 0 Å². The third-order valence-corrected chi connectivity index (χ3v) is 5.02. The van der Waals surface area contributed by atoms with Gasteiger partial charge in [-0.15, -0.1) is 34.2 Å². The fourth-order valence-electron chi connectivity index (χ4n) is 2.37. The minimum atomic E-state index is 0. The molecule has 11 heteroatoms. The molecule has 2 aromatic rings. The van der Waals surface area contributed by atoms with E-state index in [1.165, 1.54) is 0 Å². The highest BCUT2D eigenvalue weighted by Gasteiger charge is 2.10. The lowest BCUT2D eigenvalue weighted by molar-refractivity contribution is 0.145. The van der Waals surface area contributed by atoms with Gasteiger partial charge in [-0.05, 0) is 26.3 Å². The molecule has 0 unspecified atom stereocenters. The van der Waals surface area contributed by atoms with E-state index < -0.39 is 0 Å². The molecule has 0 aliphatic heterocycles. The van der Waals surface area contributed by atoms with E-state index in [0.717, 1.165) is 36.9 Å². The van der Waals surface area contributed by atoms with Crippen molar-refractivity contribution in [1.29, 1.82) is 0 Å². The topological polar surface area (TPSA) is 81.3 Å². The molecule has 0 aliphatic rings. The van der Waals surface area contributed by atoms with Crippen LogP contribution in [-0.2, 0) is 31.9 Å². The summed E-state index contributed by atoms with van der Waals surface area (Å²) >= 11 is 12.2. The van der Waals surface area contributed by atoms with Crippen LogP contribution in [0.2, 0.25) is 10.2 Å². The molecule has 0 spiro atoms. The third-order valence-electron chi connectivity index (χ3n) is 4.17. The van der Waals surface area contributed by atoms with Gasteiger partial charge in [-0.25, -0.2) is 4.99 Å². The Kier molecular flexibility index (Phi) is 11.2. The van der Waals surface area contributed by atoms with Crippen LogP contribution in [0.4, 0.5) is 0 Å². The van der Waals surface area contributed by atoms with E-state index >= 15 is 0 Å². The van der Waals surface area contributed by atoms with E-state index in [-0.39, 0.29) is 24.0 Å². The molecule has 0 fully saturated rings. The first-order valence-electron chi connectivity index (χ1n) is 8.88. The first kappa shape index (κ1) is 25.0. The standard InChI is InChI=1S/C17H27Cl2N7O.HI/c1-5-27-8-6-7-20-17(22-11-15-24-23-12(2)25(15)3)21-10-13-9-14(18)16(19)26(13)4;/h9H,5-8,10-11H2,1-4H3,(H2,20,21,22);1H. The molecule has 0 aliphatic carbocycles. The van der Waals surface area contributed by atoms with Gasteiger partial charge >= 0.3 is 0 Å². The molecule has 0 aromatic carbocycles. The van der Waals surface area contributed by atoms with Crippen molar-refractivity contribution in [3.63, 3.8) is 0 Å². The number of rotatable bonds is 9. The van der Waals surface area contributed by atoms with Crippen molar-refractivity contribution in [2.45, 2.75) is 33.4 Å². The minimum Gasteiger partial charge on any atom is -0.382 e. The molecule has 0 bridgehead atoms. The molecule has 158 valence electrons. The van der Waals surface area contributed by atoms with Crippen molar-refractivity contribution < 1.29 is 4.74 Å². The summed E-state index contributed by atoms with van der Waals surface area (Å²) in [6.45, 7) is 7.05. The molecule has 0 saturated carbocycles. The Morgan fingerprint density at radius 1 is 1.21 bits per heavy atom. The first-order valence-corrected chi connectivity index (χ1v) is 9.64. The second kappa shape index (κ2) is 12.5. The largest absolute Gasteiger partial charge is 0.382 e. The van der Waals surface area contributed by atoms with Gasteiger partial charge in [0.15, 0.2) is 11.8 Å². The van der Waals surface area contributed by atoms with Crippen LogP contribution in [0.15, 0.2) is 11.1 Å². The number of halogens is 3. The Morgan fingerprint density at radius 2 is 1.96 bits per heavy atom. The maximum Gasteiger partial charge on any atom is 0.192 e. The van der Waals surface area contributed by atoms with E-state index in [0.29, 0.717) is 35.8 Å². The lowest BCUT2D eigenvalue weighted by Crippen LogP contribution is -2.38. The Hall–Kier alpha value is -1.04. The van der Waals surface area contributed by atoms with Crippen LogP contribution in [0.5, 0.6) is 0 Å². The van der Waals surface area contributed by atoms with Crippen molar-refractivity contribution in [2.75, 3.05) is 19.8 Å². The van der Waals surface area contributed by atoms with E-state index in [4.69, 9.17) is 27.9 Å². The van der Waals surface area contributed by atoms with Crippen molar-refractivity contribution in [1.82, 2.24) is 30.0 Å². The lowest BCUT2D eigenvalue weighted by atomic mass is 10.4. The summed E-state index contributed by atoms with van der Waals surface area (Å²) < 4.78 is 9.14. The molecule has 2 heterocycles. The minimum absolute atomic E-state index is 0. The Balaban J connectivity index is 0.00000392. The Morgan fingerprint density at radius 3 is 2.54 bits per heavy atom. The van der Waals surface area contributed by atoms with E-state index in [2.05, 4.69) is 25.8 Å². The molecular weight excluding hydrogens is 516 g/mol. The predicted molar refractivity (Wildman–Crippen MR) is 124 cm³/mol. The number of aliphatic imine (C=N–C) groups is 1. The summed E-state index contributed by atoms with van der Waals surface area (Å²) in [4.78, 5) is 4.64. The molecule has 2 N–H and O–H groups in total. The van der Waals surface area contributed by atoms with Gasteiger partial charge in [0.1, 0.15) is 11.0 Å². The Bertz CT molecular complexity index is 776. The van der Waals surface area contributed by atoms with Gasteiger partial charge < -0.3 is 24.5 Å². The van der Waals surface area contributed by atoms with Gasteiger partial charge in [0.05, 0.1) is 18.1 Å². The number of hydrogen-bond donors (Lipinski definition) is 2. The first-order chi connectivity index (χ1) is 12.9. The molecule has 8 nitrogen and oxygen atoms in total. The number of nitrogens with one attached hydrogen (secondary N) is 2. The highest BCUT2D eigenvalue weighted by molar-refractivity contribution is 14.0. The average molecular weight is 544 g/mol. The third kappa shape index (κ3) is 7.09. The van der Waals surface area contributed by atoms with Gasteiger partial charge in [-0.2, -0.15) is 0 Å². The highest BCUT2D eigenvalue weighted by atomic mass is 127. The van der Waals surface area contributed by atoms with Crippen LogP contribution >= 0.6 is 47.2 Å². The van der Waals surface area contributed by atoms with Gasteiger partial charge in [0.25, 0.3) is 0 Å². The maximum atomic E-state index is 6.13. The van der Waals surface area contributed by atoms with Crippen molar-refractivity contribution in [2.24, 2.45) is 19.1 Å². The summed E-state index contributed by atoms with van der Waals surface area (Å²) in [5.74, 6) is 2.38. The highest BCUT2D eigenvalue weighted by Crippen LogP contribution is 2.25. The van der Waals surface area contributed by atoms with Crippen molar-refractivity contribution >= 4 is 53.1 Å². The van der Waals surface area contributed by atoms with Gasteiger partial charge in [0, 0.05) is 39.5 Å². The predicted octanol–water partition coefficient (Wildman–Crippen LogP) is 3.05. The normalized spacial score (nSPS) is 11.4. The molecule has 0 saturated heterocycles. The quantitative estimate of drug-likeness (QED) is 0.220. The van der Waals surface area contributed by atoms with Gasteiger partial charge in [-0.1, -0.05) is 23.2 Å². The van der Waals surface area contributed by atoms with Crippen molar-refractivity contribution in [3.8, 4) is 0 Å². The average Bonchev–Trinajstić information content (AvgIpc) is 3.10. The molecule has 28 heavy (non-hydrogen) atoms. The van der Waals surface area contributed by atoms with Crippen LogP contribution < -0.4 is 10.6 Å². The summed E-state index contributed by atoms with van der Waals surface area (Å²) in [6, 6.07) is 1.83. The molecule has 0 amide bonds. The summed E-state index contributed by atoms with van der Waals surface area (Å²) in [5.41, 5.74) is 0.926. The number of aromatic nitrogens is 4. The summed E-state index contributed by atoms with van der Waals surface area (Å²) in [6.07, 6.45) is 0.888. The number of ether oxygens (including phenoxy) is 1. The molecule has 0 radical (unpaired) electrons. The van der Waals surface area contributed by atoms with E-state index in [9.17, 15) is 0 Å². The van der Waals surface area contributed by atoms with Crippen LogP contribution in [0.3, 0.4) is 0 Å². The lowest BCUT2D eigenvalue weighted by Gasteiger charge is -2.13. The maximum absolute atomic E-state index is 6.13. The summed E-state index contributed by atoms with van der Waals surface area (Å²) in [7, 11) is 3.80. The SMILES string of the molecule is CCOCCCNC(=NCc1cc(Cl)c(Cl)n1C)NCc1nnc(C)n1C.I. The molecule has 2 aromatic heterocycles.